The number of nitrogens with zero attached hydrogens (tertiary/aromatic N) is 1. The van der Waals surface area contributed by atoms with Gasteiger partial charge in [-0.1, -0.05) is 18.2 Å². The Morgan fingerprint density at radius 1 is 1.41 bits per heavy atom. The van der Waals surface area contributed by atoms with E-state index in [0.717, 1.165) is 16.1 Å². The fraction of sp³-hybridized carbons (Fsp3) is 0.429. The van der Waals surface area contributed by atoms with Crippen molar-refractivity contribution in [2.75, 3.05) is 26.4 Å². The van der Waals surface area contributed by atoms with Gasteiger partial charge in [0.25, 0.3) is 5.91 Å². The first kappa shape index (κ1) is 16.4. The molecule has 1 aromatic carbocycles. The van der Waals surface area contributed by atoms with Gasteiger partial charge in [-0.05, 0) is 11.6 Å². The Labute approximate surface area is 129 Å². The van der Waals surface area contributed by atoms with Crippen molar-refractivity contribution >= 4 is 21.8 Å². The van der Waals surface area contributed by atoms with E-state index in [9.17, 15) is 18.0 Å². The summed E-state index contributed by atoms with van der Waals surface area (Å²) < 4.78 is 23.6. The predicted octanol–water partition coefficient (Wildman–Crippen LogP) is -0.651. The second-order valence-corrected chi connectivity index (χ2v) is 7.35. The standard InChI is InChI=1S/C14H19N3O4S/c1-17(22(2,20)21)8-7-15-14(19)12-9-10-5-3-4-6-11(10)13(18)16-12/h3-6,12H,7-9H2,1-2H3,(H,15,19)(H,16,18). The van der Waals surface area contributed by atoms with E-state index < -0.39 is 16.1 Å². The zero-order chi connectivity index (χ0) is 16.3. The number of amides is 2. The molecule has 1 unspecified atom stereocenters. The molecule has 0 aliphatic carbocycles. The highest BCUT2D eigenvalue weighted by Crippen LogP contribution is 2.16. The van der Waals surface area contributed by atoms with Gasteiger partial charge < -0.3 is 10.6 Å². The lowest BCUT2D eigenvalue weighted by Crippen LogP contribution is -2.51. The molecule has 0 saturated carbocycles. The van der Waals surface area contributed by atoms with E-state index in [1.807, 2.05) is 12.1 Å². The molecule has 22 heavy (non-hydrogen) atoms. The van der Waals surface area contributed by atoms with E-state index in [1.54, 1.807) is 12.1 Å². The molecule has 1 heterocycles. The van der Waals surface area contributed by atoms with Crippen LogP contribution >= 0.6 is 0 Å². The highest BCUT2D eigenvalue weighted by atomic mass is 32.2. The summed E-state index contributed by atoms with van der Waals surface area (Å²) in [6.45, 7) is 0.373. The molecule has 0 aromatic heterocycles. The number of benzene rings is 1. The SMILES string of the molecule is CN(CCNC(=O)C1Cc2ccccc2C(=O)N1)S(C)(=O)=O. The molecule has 0 radical (unpaired) electrons. The van der Waals surface area contributed by atoms with Gasteiger partial charge in [-0.3, -0.25) is 9.59 Å². The Morgan fingerprint density at radius 2 is 2.09 bits per heavy atom. The second kappa shape index (κ2) is 6.45. The Hall–Kier alpha value is -1.93. The minimum Gasteiger partial charge on any atom is -0.353 e. The monoisotopic (exact) mass is 325 g/mol. The minimum atomic E-state index is -3.26. The molecule has 120 valence electrons. The Kier molecular flexibility index (Phi) is 4.82. The molecule has 0 spiro atoms. The summed E-state index contributed by atoms with van der Waals surface area (Å²) in [5, 5.41) is 5.30. The van der Waals surface area contributed by atoms with Crippen molar-refractivity contribution in [3.05, 3.63) is 35.4 Å². The number of hydrogen-bond acceptors (Lipinski definition) is 4. The summed E-state index contributed by atoms with van der Waals surface area (Å²) in [7, 11) is -1.82. The number of hydrogen-bond donors (Lipinski definition) is 2. The summed E-state index contributed by atoms with van der Waals surface area (Å²) in [6, 6.07) is 6.52. The van der Waals surface area contributed by atoms with Crippen LogP contribution in [0.25, 0.3) is 0 Å². The van der Waals surface area contributed by atoms with Gasteiger partial charge in [-0.2, -0.15) is 0 Å². The first-order chi connectivity index (χ1) is 10.3. The quantitative estimate of drug-likeness (QED) is 0.752. The number of carbonyl (C=O) groups is 2. The lowest BCUT2D eigenvalue weighted by molar-refractivity contribution is -0.123. The molecule has 0 saturated heterocycles. The highest BCUT2D eigenvalue weighted by Gasteiger charge is 2.28. The molecule has 1 aliphatic heterocycles. The van der Waals surface area contributed by atoms with Gasteiger partial charge in [-0.25, -0.2) is 12.7 Å². The topological polar surface area (TPSA) is 95.6 Å². The molecule has 1 atom stereocenters. The van der Waals surface area contributed by atoms with E-state index in [4.69, 9.17) is 0 Å². The maximum Gasteiger partial charge on any atom is 0.252 e. The number of nitrogens with one attached hydrogen (secondary N) is 2. The summed E-state index contributed by atoms with van der Waals surface area (Å²) in [5.74, 6) is -0.583. The highest BCUT2D eigenvalue weighted by molar-refractivity contribution is 7.88. The normalized spacial score (nSPS) is 17.8. The van der Waals surface area contributed by atoms with E-state index in [2.05, 4.69) is 10.6 Å². The van der Waals surface area contributed by atoms with Crippen LogP contribution in [0.3, 0.4) is 0 Å². The molecule has 2 amide bonds. The van der Waals surface area contributed by atoms with Gasteiger partial charge in [0.1, 0.15) is 6.04 Å². The molecule has 0 fully saturated rings. The van der Waals surface area contributed by atoms with Crippen molar-refractivity contribution < 1.29 is 18.0 Å². The molecular formula is C14H19N3O4S. The first-order valence-electron chi connectivity index (χ1n) is 6.87. The third-order valence-corrected chi connectivity index (χ3v) is 4.91. The van der Waals surface area contributed by atoms with Crippen molar-refractivity contribution in [1.82, 2.24) is 14.9 Å². The van der Waals surface area contributed by atoms with Crippen molar-refractivity contribution in [2.45, 2.75) is 12.5 Å². The van der Waals surface area contributed by atoms with Crippen molar-refractivity contribution in [3.8, 4) is 0 Å². The van der Waals surface area contributed by atoms with Gasteiger partial charge in [0.05, 0.1) is 6.26 Å². The number of sulfonamides is 1. The second-order valence-electron chi connectivity index (χ2n) is 5.26. The zero-order valence-electron chi connectivity index (χ0n) is 12.5. The van der Waals surface area contributed by atoms with Gasteiger partial charge >= 0.3 is 0 Å². The van der Waals surface area contributed by atoms with E-state index in [-0.39, 0.29) is 24.9 Å². The van der Waals surface area contributed by atoms with Crippen molar-refractivity contribution in [3.63, 3.8) is 0 Å². The summed E-state index contributed by atoms with van der Waals surface area (Å²) in [6.07, 6.45) is 1.53. The van der Waals surface area contributed by atoms with E-state index in [1.165, 1.54) is 7.05 Å². The Bertz CT molecular complexity index is 687. The fourth-order valence-corrected chi connectivity index (χ4v) is 2.63. The lowest BCUT2D eigenvalue weighted by atomic mass is 9.95. The van der Waals surface area contributed by atoms with Gasteiger partial charge in [0.2, 0.25) is 15.9 Å². The summed E-state index contributed by atoms with van der Waals surface area (Å²) >= 11 is 0. The summed E-state index contributed by atoms with van der Waals surface area (Å²) in [5.41, 5.74) is 1.42. The average Bonchev–Trinajstić information content (AvgIpc) is 2.46. The van der Waals surface area contributed by atoms with Crippen LogP contribution in [-0.4, -0.2) is 57.0 Å². The van der Waals surface area contributed by atoms with Crippen molar-refractivity contribution in [1.29, 1.82) is 0 Å². The molecular weight excluding hydrogens is 306 g/mol. The van der Waals surface area contributed by atoms with E-state index in [0.29, 0.717) is 12.0 Å². The van der Waals surface area contributed by atoms with Crippen LogP contribution in [-0.2, 0) is 21.2 Å². The van der Waals surface area contributed by atoms with Gasteiger partial charge in [0, 0.05) is 32.1 Å². The zero-order valence-corrected chi connectivity index (χ0v) is 13.3. The maximum absolute atomic E-state index is 12.1. The van der Waals surface area contributed by atoms with Crippen LogP contribution < -0.4 is 10.6 Å². The minimum absolute atomic E-state index is 0.182. The van der Waals surface area contributed by atoms with E-state index >= 15 is 0 Å². The van der Waals surface area contributed by atoms with Crippen LogP contribution in [0.4, 0.5) is 0 Å². The molecule has 8 heteroatoms. The number of fused-ring (bicyclic) bond motifs is 1. The molecule has 2 N–H and O–H groups in total. The lowest BCUT2D eigenvalue weighted by Gasteiger charge is -2.25. The van der Waals surface area contributed by atoms with Crippen LogP contribution in [0.1, 0.15) is 15.9 Å². The molecule has 0 bridgehead atoms. The summed E-state index contributed by atoms with van der Waals surface area (Å²) in [4.78, 5) is 24.0. The van der Waals surface area contributed by atoms with Gasteiger partial charge in [0.15, 0.2) is 0 Å². The third-order valence-electron chi connectivity index (χ3n) is 3.60. The molecule has 1 aromatic rings. The first-order valence-corrected chi connectivity index (χ1v) is 8.71. The molecule has 2 rings (SSSR count). The average molecular weight is 325 g/mol. The van der Waals surface area contributed by atoms with Crippen LogP contribution in [0.2, 0.25) is 0 Å². The van der Waals surface area contributed by atoms with Crippen LogP contribution in [0.5, 0.6) is 0 Å². The fourth-order valence-electron chi connectivity index (χ4n) is 2.21. The van der Waals surface area contributed by atoms with Crippen LogP contribution in [0.15, 0.2) is 24.3 Å². The van der Waals surface area contributed by atoms with Gasteiger partial charge in [-0.15, -0.1) is 0 Å². The largest absolute Gasteiger partial charge is 0.353 e. The van der Waals surface area contributed by atoms with Crippen LogP contribution in [0, 0.1) is 0 Å². The Balaban J connectivity index is 1.91. The van der Waals surface area contributed by atoms with Crippen molar-refractivity contribution in [2.24, 2.45) is 0 Å². The maximum atomic E-state index is 12.1. The predicted molar refractivity (Wildman–Crippen MR) is 81.9 cm³/mol. The molecule has 1 aliphatic rings. The number of rotatable bonds is 5. The number of carbonyl (C=O) groups excluding carboxylic acids is 2. The molecule has 7 nitrogen and oxygen atoms in total. The number of likely N-dealkylation sites (N-methyl/N-ethyl adjacent to an activating group) is 1. The third kappa shape index (κ3) is 3.83. The Morgan fingerprint density at radius 3 is 2.77 bits per heavy atom. The smallest absolute Gasteiger partial charge is 0.252 e.